The number of aryl methyl sites for hydroxylation is 1. The molecule has 0 saturated heterocycles. The second-order valence-corrected chi connectivity index (χ2v) is 5.81. The van der Waals surface area contributed by atoms with Crippen molar-refractivity contribution in [2.24, 2.45) is 0 Å². The van der Waals surface area contributed by atoms with E-state index < -0.39 is 0 Å². The molecule has 0 bridgehead atoms. The molecule has 0 aliphatic carbocycles. The molecule has 2 nitrogen and oxygen atoms in total. The van der Waals surface area contributed by atoms with Crippen molar-refractivity contribution < 1.29 is 4.79 Å². The minimum atomic E-state index is 0.223. The first kappa shape index (κ1) is 16.6. The first-order valence-corrected chi connectivity index (χ1v) is 8.13. The Balaban J connectivity index is 1.80. The van der Waals surface area contributed by atoms with Crippen molar-refractivity contribution in [3.8, 4) is 0 Å². The molecule has 0 fully saturated rings. The van der Waals surface area contributed by atoms with Crippen LogP contribution in [0.3, 0.4) is 0 Å². The fourth-order valence-corrected chi connectivity index (χ4v) is 2.56. The maximum Gasteiger partial charge on any atom is 0.222 e. The average Bonchev–Trinajstić information content (AvgIpc) is 2.55. The fraction of sp³-hybridized carbons (Fsp3) is 0.316. The van der Waals surface area contributed by atoms with Gasteiger partial charge in [-0.05, 0) is 43.0 Å². The first-order valence-electron chi connectivity index (χ1n) is 7.75. The highest BCUT2D eigenvalue weighted by Gasteiger charge is 2.11. The summed E-state index contributed by atoms with van der Waals surface area (Å²) in [5, 5.41) is 0.750. The van der Waals surface area contributed by atoms with Crippen molar-refractivity contribution in [1.29, 1.82) is 0 Å². The molecule has 2 rings (SSSR count). The highest BCUT2D eigenvalue weighted by atomic mass is 35.5. The van der Waals surface area contributed by atoms with Gasteiger partial charge >= 0.3 is 0 Å². The summed E-state index contributed by atoms with van der Waals surface area (Å²) in [4.78, 5) is 14.2. The fourth-order valence-electron chi connectivity index (χ4n) is 2.43. The molecule has 0 unspecified atom stereocenters. The minimum absolute atomic E-state index is 0.223. The Kier molecular flexibility index (Phi) is 6.47. The van der Waals surface area contributed by atoms with Gasteiger partial charge < -0.3 is 4.90 Å². The Morgan fingerprint density at radius 3 is 2.32 bits per heavy atom. The van der Waals surface area contributed by atoms with Crippen molar-refractivity contribution in [2.45, 2.75) is 32.7 Å². The smallest absolute Gasteiger partial charge is 0.222 e. The van der Waals surface area contributed by atoms with Gasteiger partial charge in [-0.2, -0.15) is 0 Å². The molecule has 116 valence electrons. The van der Waals surface area contributed by atoms with Crippen molar-refractivity contribution in [1.82, 2.24) is 4.90 Å². The second-order valence-electron chi connectivity index (χ2n) is 5.37. The van der Waals surface area contributed by atoms with Crippen LogP contribution in [0.5, 0.6) is 0 Å². The molecule has 22 heavy (non-hydrogen) atoms. The van der Waals surface area contributed by atoms with Gasteiger partial charge in [-0.25, -0.2) is 0 Å². The number of hydrogen-bond donors (Lipinski definition) is 0. The molecule has 1 amide bonds. The number of amides is 1. The molecule has 0 aliphatic rings. The molecule has 2 aromatic carbocycles. The van der Waals surface area contributed by atoms with E-state index in [1.54, 1.807) is 0 Å². The molecule has 0 atom stereocenters. The summed E-state index contributed by atoms with van der Waals surface area (Å²) in [6.45, 7) is 3.46. The number of carbonyl (C=O) groups excluding carboxylic acids is 1. The molecule has 0 aliphatic heterocycles. The average molecular weight is 316 g/mol. The predicted octanol–water partition coefficient (Wildman–Crippen LogP) is 4.71. The highest BCUT2D eigenvalue weighted by molar-refractivity contribution is 6.30. The van der Waals surface area contributed by atoms with Crippen molar-refractivity contribution in [3.63, 3.8) is 0 Å². The van der Waals surface area contributed by atoms with Crippen LogP contribution >= 0.6 is 11.6 Å². The van der Waals surface area contributed by atoms with E-state index in [1.165, 1.54) is 11.1 Å². The molecule has 0 spiro atoms. The number of benzene rings is 2. The van der Waals surface area contributed by atoms with E-state index >= 15 is 0 Å². The lowest BCUT2D eigenvalue weighted by Gasteiger charge is -2.21. The van der Waals surface area contributed by atoms with Crippen LogP contribution in [0.2, 0.25) is 5.02 Å². The molecule has 3 heteroatoms. The number of halogens is 1. The van der Waals surface area contributed by atoms with Gasteiger partial charge in [-0.1, -0.05) is 54.1 Å². The van der Waals surface area contributed by atoms with Crippen LogP contribution in [0.15, 0.2) is 54.6 Å². The molecule has 0 N–H and O–H groups in total. The normalized spacial score (nSPS) is 10.5. The third kappa shape index (κ3) is 5.19. The van der Waals surface area contributed by atoms with Gasteiger partial charge in [0.1, 0.15) is 0 Å². The van der Waals surface area contributed by atoms with E-state index in [0.29, 0.717) is 13.0 Å². The van der Waals surface area contributed by atoms with Gasteiger partial charge in [0.2, 0.25) is 5.91 Å². The van der Waals surface area contributed by atoms with E-state index in [-0.39, 0.29) is 5.91 Å². The maximum absolute atomic E-state index is 12.3. The summed E-state index contributed by atoms with van der Waals surface area (Å²) in [7, 11) is 0. The van der Waals surface area contributed by atoms with Crippen molar-refractivity contribution in [3.05, 3.63) is 70.7 Å². The van der Waals surface area contributed by atoms with Crippen LogP contribution in [-0.4, -0.2) is 17.4 Å². The monoisotopic (exact) mass is 315 g/mol. The Hall–Kier alpha value is -1.80. The van der Waals surface area contributed by atoms with Gasteiger partial charge in [-0.3, -0.25) is 4.79 Å². The molecule has 0 saturated carbocycles. The third-order valence-corrected chi connectivity index (χ3v) is 3.97. The molecular formula is C19H22ClNO. The third-order valence-electron chi connectivity index (χ3n) is 3.72. The van der Waals surface area contributed by atoms with Gasteiger partial charge in [0.15, 0.2) is 0 Å². The van der Waals surface area contributed by atoms with E-state index in [2.05, 4.69) is 12.1 Å². The molecule has 0 radical (unpaired) electrons. The minimum Gasteiger partial charge on any atom is -0.339 e. The van der Waals surface area contributed by atoms with Crippen LogP contribution in [0, 0.1) is 0 Å². The van der Waals surface area contributed by atoms with Gasteiger partial charge in [0.25, 0.3) is 0 Å². The van der Waals surface area contributed by atoms with E-state index in [0.717, 1.165) is 24.4 Å². The molecule has 0 aromatic heterocycles. The Bertz CT molecular complexity index is 580. The van der Waals surface area contributed by atoms with Gasteiger partial charge in [-0.15, -0.1) is 0 Å². The molecular weight excluding hydrogens is 294 g/mol. The number of hydrogen-bond acceptors (Lipinski definition) is 1. The number of nitrogens with zero attached hydrogens (tertiary/aromatic N) is 1. The van der Waals surface area contributed by atoms with E-state index in [9.17, 15) is 4.79 Å². The van der Waals surface area contributed by atoms with Gasteiger partial charge in [0.05, 0.1) is 0 Å². The lowest BCUT2D eigenvalue weighted by atomic mass is 10.1. The zero-order valence-corrected chi connectivity index (χ0v) is 13.7. The Labute approximate surface area is 137 Å². The maximum atomic E-state index is 12.3. The quantitative estimate of drug-likeness (QED) is 0.724. The standard InChI is InChI=1S/C19H22ClNO/c1-2-21(15-17-7-4-3-5-8-17)19(22)10-6-9-16-11-13-18(20)14-12-16/h3-5,7-8,11-14H,2,6,9-10,15H2,1H3. The predicted molar refractivity (Wildman–Crippen MR) is 91.9 cm³/mol. The van der Waals surface area contributed by atoms with Crippen molar-refractivity contribution >= 4 is 17.5 Å². The largest absolute Gasteiger partial charge is 0.339 e. The summed E-state index contributed by atoms with van der Waals surface area (Å²) < 4.78 is 0. The van der Waals surface area contributed by atoms with Crippen LogP contribution in [0.1, 0.15) is 30.9 Å². The zero-order chi connectivity index (χ0) is 15.8. The topological polar surface area (TPSA) is 20.3 Å². The summed E-state index contributed by atoms with van der Waals surface area (Å²) in [6.07, 6.45) is 2.36. The Morgan fingerprint density at radius 2 is 1.68 bits per heavy atom. The van der Waals surface area contributed by atoms with Crippen LogP contribution < -0.4 is 0 Å². The molecule has 0 heterocycles. The van der Waals surface area contributed by atoms with Crippen molar-refractivity contribution in [2.75, 3.05) is 6.54 Å². The van der Waals surface area contributed by atoms with E-state index in [1.807, 2.05) is 54.3 Å². The molecule has 2 aromatic rings. The number of rotatable bonds is 7. The van der Waals surface area contributed by atoms with Crippen LogP contribution in [0.4, 0.5) is 0 Å². The van der Waals surface area contributed by atoms with E-state index in [4.69, 9.17) is 11.6 Å². The SMILES string of the molecule is CCN(Cc1ccccc1)C(=O)CCCc1ccc(Cl)cc1. The lowest BCUT2D eigenvalue weighted by molar-refractivity contribution is -0.131. The van der Waals surface area contributed by atoms with Crippen LogP contribution in [0.25, 0.3) is 0 Å². The highest BCUT2D eigenvalue weighted by Crippen LogP contribution is 2.13. The summed E-state index contributed by atoms with van der Waals surface area (Å²) in [5.74, 6) is 0.223. The summed E-state index contributed by atoms with van der Waals surface area (Å²) in [5.41, 5.74) is 2.40. The first-order chi connectivity index (χ1) is 10.7. The lowest BCUT2D eigenvalue weighted by Crippen LogP contribution is -2.30. The van der Waals surface area contributed by atoms with Gasteiger partial charge in [0, 0.05) is 24.5 Å². The summed E-state index contributed by atoms with van der Waals surface area (Å²) >= 11 is 5.87. The number of carbonyl (C=O) groups is 1. The van der Waals surface area contributed by atoms with Crippen LogP contribution in [-0.2, 0) is 17.8 Å². The Morgan fingerprint density at radius 1 is 1.00 bits per heavy atom. The second kappa shape index (κ2) is 8.60. The zero-order valence-electron chi connectivity index (χ0n) is 13.0. The summed E-state index contributed by atoms with van der Waals surface area (Å²) in [6, 6.07) is 18.0.